The highest BCUT2D eigenvalue weighted by atomic mass is 35.5. The van der Waals surface area contributed by atoms with E-state index in [2.05, 4.69) is 86.7 Å². The van der Waals surface area contributed by atoms with Gasteiger partial charge in [0.25, 0.3) is 35.4 Å². The van der Waals surface area contributed by atoms with Gasteiger partial charge in [-0.15, -0.1) is 42.4 Å². The summed E-state index contributed by atoms with van der Waals surface area (Å²) in [4.78, 5) is 214. The van der Waals surface area contributed by atoms with Crippen molar-refractivity contribution in [3.63, 3.8) is 0 Å². The molecule has 0 radical (unpaired) electrons. The van der Waals surface area contributed by atoms with E-state index in [1.54, 1.807) is 24.3 Å². The van der Waals surface area contributed by atoms with Crippen LogP contribution in [0.15, 0.2) is 129 Å². The van der Waals surface area contributed by atoms with Crippen LogP contribution in [0.3, 0.4) is 0 Å². The molecule has 18 rings (SSSR count). The number of pyridine rings is 1. The van der Waals surface area contributed by atoms with Crippen molar-refractivity contribution in [2.24, 2.45) is 51.8 Å². The number of benzene rings is 3. The van der Waals surface area contributed by atoms with Crippen molar-refractivity contribution in [2.45, 2.75) is 284 Å². The van der Waals surface area contributed by atoms with Gasteiger partial charge in [0.1, 0.15) is 63.4 Å². The van der Waals surface area contributed by atoms with Crippen LogP contribution in [0.4, 0.5) is 0 Å². The van der Waals surface area contributed by atoms with E-state index < -0.39 is 216 Å². The molecule has 0 spiro atoms. The third kappa shape index (κ3) is 24.5. The number of nitrogens with one attached hydrogen (secondary N) is 12. The fourth-order valence-corrected chi connectivity index (χ4v) is 25.9. The maximum atomic E-state index is 14.3. The van der Waals surface area contributed by atoms with E-state index in [-0.39, 0.29) is 87.5 Å². The van der Waals surface area contributed by atoms with Crippen LogP contribution in [-0.2, 0) is 87.6 Å². The van der Waals surface area contributed by atoms with Crippen LogP contribution < -0.4 is 62.0 Å². The van der Waals surface area contributed by atoms with Crippen molar-refractivity contribution < 1.29 is 97.2 Å². The van der Waals surface area contributed by atoms with E-state index >= 15 is 0 Å². The Bertz CT molecular complexity index is 6630. The van der Waals surface area contributed by atoms with E-state index in [9.17, 15) is 97.2 Å². The summed E-state index contributed by atoms with van der Waals surface area (Å²) in [6, 6.07) is 19.3. The van der Waals surface area contributed by atoms with Crippen LogP contribution in [0, 0.1) is 51.8 Å². The second kappa shape index (κ2) is 41.5. The fraction of sp³-hybridized carbons (Fsp3) is 0.553. The first-order valence-electron chi connectivity index (χ1n) is 50.0. The second-order valence-corrected chi connectivity index (χ2v) is 53.0. The summed E-state index contributed by atoms with van der Waals surface area (Å²) < 4.78 is 83.9. The number of carbonyl (C=O) groups excluding carboxylic acids is 15. The molecule has 37 nitrogen and oxygen atoms in total. The molecule has 0 bridgehead atoms. The van der Waals surface area contributed by atoms with Gasteiger partial charge in [0.05, 0.1) is 31.2 Å². The topological polar surface area (TPSA) is 525 Å². The van der Waals surface area contributed by atoms with Crippen LogP contribution in [0.25, 0.3) is 31.1 Å². The lowest BCUT2D eigenvalue weighted by Crippen LogP contribution is -2.60. The minimum absolute atomic E-state index is 0.00122. The molecule has 12 aliphatic rings. The lowest BCUT2D eigenvalue weighted by Gasteiger charge is -2.35. The molecule has 15 amide bonds. The molecule has 784 valence electrons. The third-order valence-electron chi connectivity index (χ3n) is 29.4. The van der Waals surface area contributed by atoms with E-state index in [4.69, 9.17) is 11.6 Å². The number of amides is 15. The van der Waals surface area contributed by atoms with Crippen molar-refractivity contribution in [1.29, 1.82) is 0 Å². The van der Waals surface area contributed by atoms with Gasteiger partial charge in [-0.1, -0.05) is 153 Å². The molecule has 3 aromatic heterocycles. The molecule has 9 aliphatic carbocycles. The average Bonchev–Trinajstić information content (AvgIpc) is 1.58. The molecule has 3 aliphatic heterocycles. The predicted octanol–water partition coefficient (Wildman–Crippen LogP) is 7.79. The standard InChI is InChI=1S/C35H44N6O7S.C34H42ClN5O7S2.C34H43N5O7S2/c1-5-22-18-35(22,33(46)40-49(47,48)24-13-14-24)39-31(44)27-17-23(36-30(43)26-15-12-21-8-6-7-9-25(21)37-26)19-41(27)32(45)29(34(2,3)4)38-28(42)16-20-10-11-20;1-5-19-16-34(19,32(45)39-49(46,47)21-12-13-21)38-29(42)23-15-20(36-30(43)27-26(35)22-8-6-7-9-24(22)48-27)17-40(23)31(44)28(33(2,3)4)37-25(41)14-18-10-11-18;1-5-21-17-34(21,32(44)38-48(45,46)23-12-13-23)37-29(41)24-16-22(35-30(42)26-15-20-8-6-7-9-25(20)47-26)18-39(24)31(43)28(33(2,3)4)36-27(40)14-19-10-11-19/h5-9,12,15,20,22-24,27,29H,1,10-11,13-14,16-19H2,2-4H3,(H,36,43)(H,38,42)(H,39,44)(H,40,46);5-9,18-21,23,28H,1,10-17H2,2-4H3,(H,36,43)(H,37,41)(H,38,42)(H,39,45);5-9,15,19,21-24,28H,1,10-14,16-18H2,2-4H3,(H,35,42)(H,36,40)(H,37,41)(H,38,44)/t22?,23-,27+,29-,35?;19?,20-,23+,28-,34?;21?,22-,24+,28-,34?/m111/s1. The maximum Gasteiger partial charge on any atom is 0.270 e. The summed E-state index contributed by atoms with van der Waals surface area (Å²) >= 11 is 9.15. The highest BCUT2D eigenvalue weighted by molar-refractivity contribution is 7.91. The molecule has 12 N–H and O–H groups in total. The van der Waals surface area contributed by atoms with Crippen molar-refractivity contribution in [2.75, 3.05) is 19.6 Å². The zero-order chi connectivity index (χ0) is 105. The third-order valence-corrected chi connectivity index (χ3v) is 37.6. The summed E-state index contributed by atoms with van der Waals surface area (Å²) in [6.45, 7) is 27.6. The Morgan fingerprint density at radius 2 is 0.760 bits per heavy atom. The van der Waals surface area contributed by atoms with Crippen LogP contribution in [0.2, 0.25) is 5.02 Å². The summed E-state index contributed by atoms with van der Waals surface area (Å²) in [7, 11) is -11.7. The number of carbonyl (C=O) groups is 15. The number of hydrogen-bond acceptors (Lipinski definition) is 24. The molecule has 9 saturated carbocycles. The Kier molecular flexibility index (Phi) is 30.5. The smallest absolute Gasteiger partial charge is 0.270 e. The van der Waals surface area contributed by atoms with E-state index in [0.717, 1.165) is 64.1 Å². The van der Waals surface area contributed by atoms with E-state index in [1.165, 1.54) is 55.6 Å². The number of aromatic nitrogens is 1. The largest absolute Gasteiger partial charge is 0.347 e. The Morgan fingerprint density at radius 3 is 1.10 bits per heavy atom. The van der Waals surface area contributed by atoms with Gasteiger partial charge in [0.15, 0.2) is 0 Å². The molecule has 6 heterocycles. The monoisotopic (exact) mass is 2120 g/mol. The molecule has 3 saturated heterocycles. The number of rotatable bonds is 36. The van der Waals surface area contributed by atoms with Gasteiger partial charge in [-0.3, -0.25) is 86.1 Å². The van der Waals surface area contributed by atoms with Crippen LogP contribution in [0.5, 0.6) is 0 Å². The number of sulfonamides is 3. The number of halogens is 1. The number of likely N-dealkylation sites (tertiary alicyclic amines) is 3. The van der Waals surface area contributed by atoms with Crippen molar-refractivity contribution in [3.05, 3.63) is 149 Å². The molecule has 6 aromatic rings. The first-order valence-corrected chi connectivity index (χ1v) is 56.7. The van der Waals surface area contributed by atoms with E-state index in [0.29, 0.717) is 95.8 Å². The normalized spacial score (nSPS) is 25.8. The minimum atomic E-state index is -3.89. The first-order chi connectivity index (χ1) is 68.7. The number of nitrogens with zero attached hydrogens (tertiary/aromatic N) is 4. The van der Waals surface area contributed by atoms with Crippen molar-refractivity contribution in [1.82, 2.24) is 81.7 Å². The van der Waals surface area contributed by atoms with Gasteiger partial charge < -0.3 is 62.6 Å². The van der Waals surface area contributed by atoms with Crippen LogP contribution in [0.1, 0.15) is 227 Å². The Hall–Kier alpha value is -11.6. The minimum Gasteiger partial charge on any atom is -0.347 e. The Morgan fingerprint density at radius 1 is 0.425 bits per heavy atom. The van der Waals surface area contributed by atoms with Gasteiger partial charge in [-0.2, -0.15) is 0 Å². The summed E-state index contributed by atoms with van der Waals surface area (Å²) in [5.41, 5.74) is -5.99. The Balaban J connectivity index is 0.000000157. The molecule has 15 atom stereocenters. The number of fused-ring (bicyclic) bond motifs is 3. The quantitative estimate of drug-likeness (QED) is 0.0167. The average molecular weight is 2120 g/mol. The highest BCUT2D eigenvalue weighted by Gasteiger charge is 2.66. The fourth-order valence-electron chi connectivity index (χ4n) is 19.4. The zero-order valence-corrected chi connectivity index (χ0v) is 88.0. The zero-order valence-electron chi connectivity index (χ0n) is 83.2. The number of hydrogen-bond donors (Lipinski definition) is 12. The van der Waals surface area contributed by atoms with Crippen molar-refractivity contribution in [3.8, 4) is 0 Å². The number of thiophene rings is 2. The van der Waals surface area contributed by atoms with Gasteiger partial charge >= 0.3 is 0 Å². The summed E-state index contributed by atoms with van der Waals surface area (Å²) in [5.74, 6) is -8.66. The SMILES string of the molecule is C=CC1CC1(NC(=O)[C@@H]1C[C@@H](NC(=O)c2cc3ccccc3s2)CN1C(=O)[C@@H](NC(=O)CC1CC1)C(C)(C)C)C(=O)NS(=O)(=O)C1CC1.C=CC1CC1(NC(=O)[C@@H]1C[C@@H](NC(=O)c2ccc3ccccc3n2)CN1C(=O)[C@@H](NC(=O)CC1CC1)C(C)(C)C)C(=O)NS(=O)(=O)C1CC1.C=CC1CC1(NC(=O)[C@@H]1C[C@@H](NC(=O)c2sc3ccccc3c2Cl)CN1C(=O)[C@@H](NC(=O)CC1CC1)C(C)(C)C)C(=O)NS(=O)(=O)C1CC1. The van der Waals surface area contributed by atoms with E-state index in [1.807, 2.05) is 129 Å². The van der Waals surface area contributed by atoms with Crippen molar-refractivity contribution >= 4 is 184 Å². The van der Waals surface area contributed by atoms with Gasteiger partial charge in [-0.25, -0.2) is 30.2 Å². The maximum absolute atomic E-state index is 14.3. The van der Waals surface area contributed by atoms with Gasteiger partial charge in [0, 0.05) is 94.9 Å². The van der Waals surface area contributed by atoms with Gasteiger partial charge in [0.2, 0.25) is 83.2 Å². The Labute approximate surface area is 861 Å². The summed E-state index contributed by atoms with van der Waals surface area (Å²) in [6.07, 6.45) is 14.5. The summed E-state index contributed by atoms with van der Waals surface area (Å²) in [5, 5.41) is 26.8. The van der Waals surface area contributed by atoms with Gasteiger partial charge in [-0.05, 0) is 185 Å². The molecular weight excluding hydrogens is 1990 g/mol. The second-order valence-electron chi connectivity index (χ2n) is 44.6. The highest BCUT2D eigenvalue weighted by Crippen LogP contribution is 2.50. The predicted molar refractivity (Wildman–Crippen MR) is 548 cm³/mol. The first kappa shape index (κ1) is 107. The molecule has 3 aromatic carbocycles. The molecule has 43 heteroatoms. The number of para-hydroxylation sites is 1. The lowest BCUT2D eigenvalue weighted by atomic mass is 9.85. The molecule has 6 unspecified atom stereocenters. The lowest BCUT2D eigenvalue weighted by molar-refractivity contribution is -0.144. The molecule has 146 heavy (non-hydrogen) atoms. The van der Waals surface area contributed by atoms with Crippen LogP contribution in [-0.4, -0.2) is 240 Å². The van der Waals surface area contributed by atoms with Crippen LogP contribution >= 0.6 is 34.3 Å². The molecule has 12 fully saturated rings. The molecular formula is C103H129ClN16O21S5.